The van der Waals surface area contributed by atoms with Crippen LogP contribution in [-0.4, -0.2) is 30.2 Å². The summed E-state index contributed by atoms with van der Waals surface area (Å²) in [7, 11) is 1.62. The van der Waals surface area contributed by atoms with E-state index in [0.717, 1.165) is 16.3 Å². The van der Waals surface area contributed by atoms with Gasteiger partial charge >= 0.3 is 0 Å². The molecule has 1 aromatic rings. The lowest BCUT2D eigenvalue weighted by Crippen LogP contribution is -2.29. The van der Waals surface area contributed by atoms with Crippen LogP contribution in [0.5, 0.6) is 0 Å². The fourth-order valence-corrected chi connectivity index (χ4v) is 2.69. The quantitative estimate of drug-likeness (QED) is 0.797. The molecule has 0 aliphatic carbocycles. The van der Waals surface area contributed by atoms with E-state index in [1.807, 2.05) is 31.2 Å². The second-order valence-electron chi connectivity index (χ2n) is 3.49. The van der Waals surface area contributed by atoms with E-state index < -0.39 is 6.10 Å². The average molecular weight is 261 g/mol. The second kappa shape index (κ2) is 7.17. The zero-order valence-electron chi connectivity index (χ0n) is 9.52. The molecule has 2 atom stereocenters. The van der Waals surface area contributed by atoms with Crippen LogP contribution < -0.4 is 0 Å². The Hall–Kier alpha value is -0.220. The molecule has 0 bridgehead atoms. The monoisotopic (exact) mass is 260 g/mol. The molecule has 0 aliphatic heterocycles. The Bertz CT molecular complexity index is 316. The van der Waals surface area contributed by atoms with Gasteiger partial charge in [0.1, 0.15) is 0 Å². The van der Waals surface area contributed by atoms with Gasteiger partial charge in [-0.05, 0) is 18.6 Å². The van der Waals surface area contributed by atoms with Crippen LogP contribution in [0.3, 0.4) is 0 Å². The van der Waals surface area contributed by atoms with Crippen LogP contribution in [0.1, 0.15) is 13.3 Å². The van der Waals surface area contributed by atoms with E-state index in [-0.39, 0.29) is 6.10 Å². The van der Waals surface area contributed by atoms with Crippen molar-refractivity contribution in [2.45, 2.75) is 30.4 Å². The number of methoxy groups -OCH3 is 1. The third-order valence-corrected chi connectivity index (χ3v) is 4.00. The van der Waals surface area contributed by atoms with Gasteiger partial charge in [0.2, 0.25) is 0 Å². The third kappa shape index (κ3) is 3.98. The minimum Gasteiger partial charge on any atom is -0.390 e. The van der Waals surface area contributed by atoms with Gasteiger partial charge in [-0.3, -0.25) is 0 Å². The molecule has 0 aliphatic rings. The molecule has 0 saturated heterocycles. The highest BCUT2D eigenvalue weighted by Gasteiger charge is 2.17. The van der Waals surface area contributed by atoms with Crippen molar-refractivity contribution in [2.75, 3.05) is 12.9 Å². The Kier molecular flexibility index (Phi) is 6.21. The van der Waals surface area contributed by atoms with Crippen molar-refractivity contribution in [3.8, 4) is 0 Å². The van der Waals surface area contributed by atoms with E-state index in [1.54, 1.807) is 18.9 Å². The van der Waals surface area contributed by atoms with Crippen LogP contribution in [0.2, 0.25) is 5.02 Å². The predicted octanol–water partition coefficient (Wildman–Crippen LogP) is 3.22. The van der Waals surface area contributed by atoms with Crippen LogP contribution in [-0.2, 0) is 4.74 Å². The van der Waals surface area contributed by atoms with Crippen molar-refractivity contribution >= 4 is 23.4 Å². The van der Waals surface area contributed by atoms with E-state index in [2.05, 4.69) is 0 Å². The maximum atomic E-state index is 9.87. The highest BCUT2D eigenvalue weighted by molar-refractivity contribution is 7.99. The van der Waals surface area contributed by atoms with Gasteiger partial charge in [0.25, 0.3) is 0 Å². The summed E-state index contributed by atoms with van der Waals surface area (Å²) in [5, 5.41) is 10.6. The first-order chi connectivity index (χ1) is 7.69. The number of aliphatic hydroxyl groups is 1. The number of benzene rings is 1. The third-order valence-electron chi connectivity index (χ3n) is 2.38. The summed E-state index contributed by atoms with van der Waals surface area (Å²) < 4.78 is 5.18. The second-order valence-corrected chi connectivity index (χ2v) is 4.96. The van der Waals surface area contributed by atoms with Crippen molar-refractivity contribution in [3.05, 3.63) is 29.3 Å². The fraction of sp³-hybridized carbons (Fsp3) is 0.500. The number of thioether (sulfide) groups is 1. The first-order valence-electron chi connectivity index (χ1n) is 5.27. The van der Waals surface area contributed by atoms with E-state index in [1.165, 1.54) is 0 Å². The van der Waals surface area contributed by atoms with Crippen LogP contribution in [0, 0.1) is 0 Å². The number of hydrogen-bond acceptors (Lipinski definition) is 3. The fourth-order valence-electron chi connectivity index (χ4n) is 1.44. The Labute approximate surface area is 106 Å². The lowest BCUT2D eigenvalue weighted by Gasteiger charge is -2.19. The molecule has 1 rings (SSSR count). The number of halogens is 1. The van der Waals surface area contributed by atoms with E-state index in [9.17, 15) is 5.11 Å². The largest absolute Gasteiger partial charge is 0.390 e. The van der Waals surface area contributed by atoms with Crippen LogP contribution in [0.25, 0.3) is 0 Å². The molecule has 90 valence electrons. The lowest BCUT2D eigenvalue weighted by molar-refractivity contribution is -0.00132. The highest BCUT2D eigenvalue weighted by Crippen LogP contribution is 2.27. The first kappa shape index (κ1) is 13.8. The molecule has 0 aromatic heterocycles. The Morgan fingerprint density at radius 3 is 2.69 bits per heavy atom. The van der Waals surface area contributed by atoms with E-state index >= 15 is 0 Å². The van der Waals surface area contributed by atoms with Crippen LogP contribution in [0.15, 0.2) is 29.2 Å². The molecule has 2 unspecified atom stereocenters. The Morgan fingerprint density at radius 1 is 1.44 bits per heavy atom. The number of aliphatic hydroxyl groups excluding tert-OH is 1. The molecule has 0 fully saturated rings. The Balaban J connectivity index is 2.48. The van der Waals surface area contributed by atoms with Gasteiger partial charge < -0.3 is 9.84 Å². The Morgan fingerprint density at radius 2 is 2.12 bits per heavy atom. The van der Waals surface area contributed by atoms with Crippen molar-refractivity contribution < 1.29 is 9.84 Å². The maximum Gasteiger partial charge on any atom is 0.0895 e. The normalized spacial score (nSPS) is 14.8. The van der Waals surface area contributed by atoms with Crippen LogP contribution in [0.4, 0.5) is 0 Å². The van der Waals surface area contributed by atoms with Gasteiger partial charge in [0.15, 0.2) is 0 Å². The molecule has 0 saturated carbocycles. The van der Waals surface area contributed by atoms with Gasteiger partial charge in [-0.15, -0.1) is 11.8 Å². The molecule has 0 heterocycles. The number of ether oxygens (including phenoxy) is 1. The molecule has 4 heteroatoms. The number of rotatable bonds is 6. The summed E-state index contributed by atoms with van der Waals surface area (Å²) in [4.78, 5) is 0.995. The lowest BCUT2D eigenvalue weighted by atomic mass is 10.2. The SMILES string of the molecule is CCC(OC)C(O)CSc1ccccc1Cl. The molecule has 0 amide bonds. The standard InChI is InChI=1S/C12H17ClO2S/c1-3-11(15-2)10(14)8-16-12-7-5-4-6-9(12)13/h4-7,10-11,14H,3,8H2,1-2H3. The zero-order valence-corrected chi connectivity index (χ0v) is 11.1. The summed E-state index contributed by atoms with van der Waals surface area (Å²) in [5.74, 6) is 0.593. The molecule has 1 aromatic carbocycles. The first-order valence-corrected chi connectivity index (χ1v) is 6.63. The van der Waals surface area contributed by atoms with Crippen molar-refractivity contribution in [1.29, 1.82) is 0 Å². The minimum atomic E-state index is -0.462. The molecule has 16 heavy (non-hydrogen) atoms. The highest BCUT2D eigenvalue weighted by atomic mass is 35.5. The summed E-state index contributed by atoms with van der Waals surface area (Å²) in [6.07, 6.45) is 0.243. The molecule has 0 spiro atoms. The number of hydrogen-bond donors (Lipinski definition) is 1. The maximum absolute atomic E-state index is 9.87. The van der Waals surface area contributed by atoms with Gasteiger partial charge in [0.05, 0.1) is 17.2 Å². The summed E-state index contributed by atoms with van der Waals surface area (Å²) >= 11 is 7.57. The van der Waals surface area contributed by atoms with E-state index in [0.29, 0.717) is 5.75 Å². The van der Waals surface area contributed by atoms with Gasteiger partial charge in [-0.1, -0.05) is 30.7 Å². The van der Waals surface area contributed by atoms with Crippen molar-refractivity contribution in [2.24, 2.45) is 0 Å². The summed E-state index contributed by atoms with van der Waals surface area (Å²) in [6, 6.07) is 7.64. The van der Waals surface area contributed by atoms with Crippen molar-refractivity contribution in [3.63, 3.8) is 0 Å². The molecular weight excluding hydrogens is 244 g/mol. The average Bonchev–Trinajstić information content (AvgIpc) is 2.29. The molecular formula is C12H17ClO2S. The zero-order chi connectivity index (χ0) is 12.0. The molecule has 1 N–H and O–H groups in total. The predicted molar refractivity (Wildman–Crippen MR) is 69.3 cm³/mol. The molecule has 2 nitrogen and oxygen atoms in total. The summed E-state index contributed by atoms with van der Waals surface area (Å²) in [5.41, 5.74) is 0. The summed E-state index contributed by atoms with van der Waals surface area (Å²) in [6.45, 7) is 2.00. The van der Waals surface area contributed by atoms with Gasteiger partial charge in [0, 0.05) is 17.8 Å². The van der Waals surface area contributed by atoms with Gasteiger partial charge in [-0.25, -0.2) is 0 Å². The van der Waals surface area contributed by atoms with Gasteiger partial charge in [-0.2, -0.15) is 0 Å². The van der Waals surface area contributed by atoms with Crippen LogP contribution >= 0.6 is 23.4 Å². The smallest absolute Gasteiger partial charge is 0.0895 e. The minimum absolute atomic E-state index is 0.102. The topological polar surface area (TPSA) is 29.5 Å². The van der Waals surface area contributed by atoms with E-state index in [4.69, 9.17) is 16.3 Å². The molecule has 0 radical (unpaired) electrons. The van der Waals surface area contributed by atoms with Crippen molar-refractivity contribution in [1.82, 2.24) is 0 Å².